The Balaban J connectivity index is 1.33. The number of rotatable bonds is 2. The van der Waals surface area contributed by atoms with Gasteiger partial charge in [0.1, 0.15) is 5.60 Å². The Morgan fingerprint density at radius 1 is 1.10 bits per heavy atom. The minimum absolute atomic E-state index is 0.00250. The number of piperidine rings is 1. The summed E-state index contributed by atoms with van der Waals surface area (Å²) in [7, 11) is 0. The lowest BCUT2D eigenvalue weighted by molar-refractivity contribution is 0.0191. The predicted molar refractivity (Wildman–Crippen MR) is 112 cm³/mol. The summed E-state index contributed by atoms with van der Waals surface area (Å²) in [5.74, 6) is 0. The average molecular weight is 407 g/mol. The number of carbonyl (C=O) groups is 2. The van der Waals surface area contributed by atoms with Crippen LogP contribution in [0.15, 0.2) is 0 Å². The molecule has 0 bridgehead atoms. The summed E-state index contributed by atoms with van der Waals surface area (Å²) in [6.45, 7) is 11.5. The minimum atomic E-state index is -0.457. The van der Waals surface area contributed by atoms with Gasteiger partial charge in [0.15, 0.2) is 0 Å². The van der Waals surface area contributed by atoms with E-state index in [-0.39, 0.29) is 17.7 Å². The molecule has 0 radical (unpaired) electrons. The molecule has 164 valence electrons. The summed E-state index contributed by atoms with van der Waals surface area (Å²) < 4.78 is 5.57. The van der Waals surface area contributed by atoms with Gasteiger partial charge in [-0.2, -0.15) is 0 Å². The fraction of sp³-hybridized carbons (Fsp3) is 0.909. The van der Waals surface area contributed by atoms with E-state index in [0.29, 0.717) is 18.1 Å². The van der Waals surface area contributed by atoms with E-state index in [2.05, 4.69) is 22.0 Å². The topological polar surface area (TPSA) is 65.1 Å². The monoisotopic (exact) mass is 406 g/mol. The number of amides is 3. The van der Waals surface area contributed by atoms with E-state index in [9.17, 15) is 9.59 Å². The molecule has 0 aromatic carbocycles. The summed E-state index contributed by atoms with van der Waals surface area (Å²) in [4.78, 5) is 31.7. The first-order chi connectivity index (χ1) is 13.7. The predicted octanol–water partition coefficient (Wildman–Crippen LogP) is 3.19. The highest BCUT2D eigenvalue weighted by Crippen LogP contribution is 2.35. The van der Waals surface area contributed by atoms with Gasteiger partial charge in [-0.1, -0.05) is 12.8 Å². The van der Waals surface area contributed by atoms with Crippen LogP contribution in [0, 0.1) is 0 Å². The van der Waals surface area contributed by atoms with Crippen molar-refractivity contribution < 1.29 is 14.3 Å². The quantitative estimate of drug-likeness (QED) is 0.765. The third-order valence-electron chi connectivity index (χ3n) is 7.35. The molecule has 4 rings (SSSR count). The molecule has 1 N–H and O–H groups in total. The number of nitrogens with one attached hydrogen (secondary N) is 1. The van der Waals surface area contributed by atoms with E-state index in [1.165, 1.54) is 12.8 Å². The van der Waals surface area contributed by atoms with Crippen molar-refractivity contribution in [3.63, 3.8) is 0 Å². The molecule has 1 saturated carbocycles. The van der Waals surface area contributed by atoms with E-state index < -0.39 is 5.60 Å². The third kappa shape index (κ3) is 4.21. The van der Waals surface area contributed by atoms with E-state index in [0.717, 1.165) is 58.3 Å². The van der Waals surface area contributed by atoms with Gasteiger partial charge in [0.2, 0.25) is 0 Å². The minimum Gasteiger partial charge on any atom is -0.444 e. The van der Waals surface area contributed by atoms with Crippen LogP contribution in [0.25, 0.3) is 0 Å². The molecule has 4 fully saturated rings. The van der Waals surface area contributed by atoms with Crippen LogP contribution in [0.3, 0.4) is 0 Å². The lowest BCUT2D eigenvalue weighted by atomic mass is 9.88. The molecule has 7 nitrogen and oxygen atoms in total. The molecule has 3 aliphatic heterocycles. The van der Waals surface area contributed by atoms with Crippen LogP contribution in [-0.2, 0) is 4.74 Å². The van der Waals surface area contributed by atoms with Crippen molar-refractivity contribution in [2.24, 2.45) is 0 Å². The number of hydrogen-bond donors (Lipinski definition) is 1. The van der Waals surface area contributed by atoms with Crippen LogP contribution in [0.2, 0.25) is 0 Å². The van der Waals surface area contributed by atoms with E-state index in [4.69, 9.17) is 4.74 Å². The van der Waals surface area contributed by atoms with Gasteiger partial charge < -0.3 is 19.9 Å². The molecule has 7 heteroatoms. The average Bonchev–Trinajstić information content (AvgIpc) is 3.21. The lowest BCUT2D eigenvalue weighted by Crippen LogP contribution is -2.56. The highest BCUT2D eigenvalue weighted by atomic mass is 16.6. The van der Waals surface area contributed by atoms with Crippen LogP contribution in [0.4, 0.5) is 9.59 Å². The van der Waals surface area contributed by atoms with Crippen molar-refractivity contribution in [1.29, 1.82) is 0 Å². The highest BCUT2D eigenvalue weighted by molar-refractivity contribution is 5.78. The number of carbonyl (C=O) groups excluding carboxylic acids is 2. The molecule has 4 aliphatic rings. The van der Waals surface area contributed by atoms with Crippen LogP contribution < -0.4 is 5.32 Å². The van der Waals surface area contributed by atoms with Crippen molar-refractivity contribution in [2.45, 2.75) is 102 Å². The summed E-state index contributed by atoms with van der Waals surface area (Å²) in [6.07, 6.45) is 7.58. The van der Waals surface area contributed by atoms with E-state index in [1.807, 2.05) is 25.7 Å². The summed E-state index contributed by atoms with van der Waals surface area (Å²) >= 11 is 0. The van der Waals surface area contributed by atoms with Crippen LogP contribution in [-0.4, -0.2) is 82.3 Å². The molecular formula is C22H38N4O3. The number of urea groups is 1. The molecule has 3 atom stereocenters. The first-order valence-corrected chi connectivity index (χ1v) is 11.5. The van der Waals surface area contributed by atoms with Gasteiger partial charge in [0.05, 0.1) is 12.1 Å². The molecule has 1 unspecified atom stereocenters. The Kier molecular flexibility index (Phi) is 5.47. The standard InChI is InChI=1S/C22H38N4O3/c1-21(2,3)29-20(28)24-14-11-22(4,15-24)25-12-9-16(10-13-25)26-18-8-6-5-7-17(18)23-19(26)27/h16-18H,5-15H2,1-4H3,(H,23,27)/t17-,18-,22?/m1/s1. The van der Waals surface area contributed by atoms with Gasteiger partial charge in [-0.15, -0.1) is 0 Å². The van der Waals surface area contributed by atoms with Crippen LogP contribution in [0.5, 0.6) is 0 Å². The number of ether oxygens (including phenoxy) is 1. The van der Waals surface area contributed by atoms with E-state index in [1.54, 1.807) is 0 Å². The lowest BCUT2D eigenvalue weighted by Gasteiger charge is -2.45. The molecular weight excluding hydrogens is 368 g/mol. The maximum Gasteiger partial charge on any atom is 0.410 e. The molecule has 3 heterocycles. The van der Waals surface area contributed by atoms with Crippen LogP contribution >= 0.6 is 0 Å². The molecule has 3 saturated heterocycles. The van der Waals surface area contributed by atoms with Gasteiger partial charge >= 0.3 is 12.1 Å². The highest BCUT2D eigenvalue weighted by Gasteiger charge is 2.47. The molecule has 0 aromatic rings. The summed E-state index contributed by atoms with van der Waals surface area (Å²) in [5, 5.41) is 3.23. The Hall–Kier alpha value is -1.50. The Morgan fingerprint density at radius 2 is 1.79 bits per heavy atom. The van der Waals surface area contributed by atoms with Gasteiger partial charge in [0.25, 0.3) is 0 Å². The van der Waals surface area contributed by atoms with Crippen molar-refractivity contribution in [3.05, 3.63) is 0 Å². The molecule has 29 heavy (non-hydrogen) atoms. The zero-order valence-electron chi connectivity index (χ0n) is 18.6. The Labute approximate surface area is 175 Å². The maximum atomic E-state index is 12.6. The maximum absolute atomic E-state index is 12.6. The largest absolute Gasteiger partial charge is 0.444 e. The zero-order chi connectivity index (χ0) is 20.8. The van der Waals surface area contributed by atoms with Crippen molar-refractivity contribution in [2.75, 3.05) is 26.2 Å². The number of fused-ring (bicyclic) bond motifs is 1. The van der Waals surface area contributed by atoms with Crippen LogP contribution in [0.1, 0.15) is 72.6 Å². The first-order valence-electron chi connectivity index (χ1n) is 11.5. The first kappa shape index (κ1) is 20.8. The van der Waals surface area contributed by atoms with Crippen molar-refractivity contribution in [3.8, 4) is 0 Å². The summed E-state index contributed by atoms with van der Waals surface area (Å²) in [6, 6.07) is 1.27. The van der Waals surface area contributed by atoms with Crippen molar-refractivity contribution >= 4 is 12.1 Å². The fourth-order valence-electron chi connectivity index (χ4n) is 5.80. The van der Waals surface area contributed by atoms with E-state index >= 15 is 0 Å². The number of nitrogens with zero attached hydrogens (tertiary/aromatic N) is 3. The van der Waals surface area contributed by atoms with Gasteiger partial charge in [-0.25, -0.2) is 9.59 Å². The molecule has 0 spiro atoms. The second-order valence-electron chi connectivity index (χ2n) is 10.7. The Morgan fingerprint density at radius 3 is 2.48 bits per heavy atom. The Bertz CT molecular complexity index is 640. The zero-order valence-corrected chi connectivity index (χ0v) is 18.6. The number of hydrogen-bond acceptors (Lipinski definition) is 4. The SMILES string of the molecule is CC(C)(C)OC(=O)N1CCC(C)(N2CCC(N3C(=O)N[C@@H]4CCCC[C@H]43)CC2)C1. The van der Waals surface area contributed by atoms with Gasteiger partial charge in [-0.3, -0.25) is 4.90 Å². The number of likely N-dealkylation sites (tertiary alicyclic amines) is 2. The third-order valence-corrected chi connectivity index (χ3v) is 7.35. The van der Waals surface area contributed by atoms with Gasteiger partial charge in [0, 0.05) is 37.8 Å². The summed E-state index contributed by atoms with van der Waals surface area (Å²) in [5.41, 5.74) is -0.454. The second-order valence-corrected chi connectivity index (χ2v) is 10.7. The molecule has 0 aromatic heterocycles. The van der Waals surface area contributed by atoms with Crippen molar-refractivity contribution in [1.82, 2.24) is 20.0 Å². The van der Waals surface area contributed by atoms with Gasteiger partial charge in [-0.05, 0) is 59.8 Å². The fourth-order valence-corrected chi connectivity index (χ4v) is 5.80. The smallest absolute Gasteiger partial charge is 0.410 e. The normalized spacial score (nSPS) is 34.3. The molecule has 3 amide bonds. The molecule has 1 aliphatic carbocycles. The second kappa shape index (κ2) is 7.64.